The Morgan fingerprint density at radius 3 is 2.77 bits per heavy atom. The van der Waals surface area contributed by atoms with Crippen molar-refractivity contribution in [2.24, 2.45) is 10.9 Å². The highest BCUT2D eigenvalue weighted by atomic mass is 32.1. The standard InChI is InChI=1S/C15H17FN2O3S/c1-4-21-12(19)8-18-13-10(16)6-5-7-11(13)22-15(18)17-14(20)9(2)3/h5-7,9H,4,8H2,1-3H3. The molecule has 0 bridgehead atoms. The number of esters is 1. The first-order chi connectivity index (χ1) is 10.4. The fraction of sp³-hybridized carbons (Fsp3) is 0.400. The summed E-state index contributed by atoms with van der Waals surface area (Å²) in [4.78, 5) is 27.9. The Kier molecular flexibility index (Phi) is 5.07. The lowest BCUT2D eigenvalue weighted by molar-refractivity contribution is -0.143. The van der Waals surface area contributed by atoms with Crippen molar-refractivity contribution < 1.29 is 18.7 Å². The minimum Gasteiger partial charge on any atom is -0.465 e. The van der Waals surface area contributed by atoms with E-state index in [1.54, 1.807) is 32.9 Å². The largest absolute Gasteiger partial charge is 0.465 e. The molecule has 0 atom stereocenters. The number of halogens is 1. The summed E-state index contributed by atoms with van der Waals surface area (Å²) in [7, 11) is 0. The van der Waals surface area contributed by atoms with Crippen LogP contribution in [-0.4, -0.2) is 23.1 Å². The molecule has 7 heteroatoms. The maximum atomic E-state index is 14.1. The number of carbonyl (C=O) groups is 2. The van der Waals surface area contributed by atoms with E-state index in [-0.39, 0.29) is 30.5 Å². The molecule has 0 N–H and O–H groups in total. The predicted molar refractivity (Wildman–Crippen MR) is 81.8 cm³/mol. The molecule has 0 fully saturated rings. The van der Waals surface area contributed by atoms with E-state index in [4.69, 9.17) is 4.74 Å². The SMILES string of the molecule is CCOC(=O)Cn1c(=NC(=O)C(C)C)sc2cccc(F)c21. The van der Waals surface area contributed by atoms with Crippen LogP contribution in [0.5, 0.6) is 0 Å². The number of hydrogen-bond donors (Lipinski definition) is 0. The van der Waals surface area contributed by atoms with Crippen molar-refractivity contribution in [2.45, 2.75) is 27.3 Å². The van der Waals surface area contributed by atoms with Gasteiger partial charge in [-0.05, 0) is 19.1 Å². The van der Waals surface area contributed by atoms with Gasteiger partial charge in [0, 0.05) is 5.92 Å². The third kappa shape index (κ3) is 3.41. The Morgan fingerprint density at radius 2 is 2.14 bits per heavy atom. The highest BCUT2D eigenvalue weighted by molar-refractivity contribution is 7.16. The fourth-order valence-corrected chi connectivity index (χ4v) is 2.93. The number of aromatic nitrogens is 1. The Bertz CT molecular complexity index is 777. The lowest BCUT2D eigenvalue weighted by Gasteiger charge is -2.05. The third-order valence-electron chi connectivity index (χ3n) is 2.94. The van der Waals surface area contributed by atoms with Crippen molar-refractivity contribution >= 4 is 33.4 Å². The summed E-state index contributed by atoms with van der Waals surface area (Å²) >= 11 is 1.17. The third-order valence-corrected chi connectivity index (χ3v) is 3.99. The maximum Gasteiger partial charge on any atom is 0.326 e. The molecule has 1 aromatic heterocycles. The lowest BCUT2D eigenvalue weighted by atomic mass is 10.2. The van der Waals surface area contributed by atoms with E-state index in [2.05, 4.69) is 4.99 Å². The van der Waals surface area contributed by atoms with Gasteiger partial charge in [-0.15, -0.1) is 0 Å². The van der Waals surface area contributed by atoms with Gasteiger partial charge in [0.15, 0.2) is 4.80 Å². The van der Waals surface area contributed by atoms with Crippen LogP contribution < -0.4 is 4.80 Å². The molecule has 1 heterocycles. The summed E-state index contributed by atoms with van der Waals surface area (Å²) < 4.78 is 21.0. The van der Waals surface area contributed by atoms with Crippen molar-refractivity contribution in [2.75, 3.05) is 6.61 Å². The Labute approximate surface area is 131 Å². The van der Waals surface area contributed by atoms with Crippen LogP contribution >= 0.6 is 11.3 Å². The number of benzene rings is 1. The van der Waals surface area contributed by atoms with E-state index in [9.17, 15) is 14.0 Å². The predicted octanol–water partition coefficient (Wildman–Crippen LogP) is 2.49. The number of carbonyl (C=O) groups excluding carboxylic acids is 2. The van der Waals surface area contributed by atoms with Gasteiger partial charge in [0.1, 0.15) is 12.4 Å². The van der Waals surface area contributed by atoms with Crippen LogP contribution in [0, 0.1) is 11.7 Å². The number of hydrogen-bond acceptors (Lipinski definition) is 4. The molecule has 1 aromatic carbocycles. The number of para-hydroxylation sites is 1. The van der Waals surface area contributed by atoms with Crippen LogP contribution in [-0.2, 0) is 20.9 Å². The molecule has 1 amide bonds. The zero-order chi connectivity index (χ0) is 16.3. The van der Waals surface area contributed by atoms with E-state index < -0.39 is 11.8 Å². The zero-order valence-electron chi connectivity index (χ0n) is 12.6. The quantitative estimate of drug-likeness (QED) is 0.812. The van der Waals surface area contributed by atoms with Gasteiger partial charge in [-0.25, -0.2) is 4.39 Å². The minimum atomic E-state index is -0.496. The second-order valence-corrected chi connectivity index (χ2v) is 5.98. The van der Waals surface area contributed by atoms with Crippen LogP contribution in [0.25, 0.3) is 10.2 Å². The van der Waals surface area contributed by atoms with Gasteiger partial charge in [0.2, 0.25) is 0 Å². The molecule has 0 unspecified atom stereocenters. The van der Waals surface area contributed by atoms with E-state index in [0.29, 0.717) is 9.50 Å². The first-order valence-corrected chi connectivity index (χ1v) is 7.77. The number of rotatable bonds is 4. The molecule has 118 valence electrons. The zero-order valence-corrected chi connectivity index (χ0v) is 13.4. The lowest BCUT2D eigenvalue weighted by Crippen LogP contribution is -2.24. The van der Waals surface area contributed by atoms with Gasteiger partial charge in [-0.3, -0.25) is 9.59 Å². The summed E-state index contributed by atoms with van der Waals surface area (Å²) in [6, 6.07) is 4.62. The highest BCUT2D eigenvalue weighted by Crippen LogP contribution is 2.20. The first kappa shape index (κ1) is 16.4. The Morgan fingerprint density at radius 1 is 1.41 bits per heavy atom. The first-order valence-electron chi connectivity index (χ1n) is 6.96. The molecular weight excluding hydrogens is 307 g/mol. The number of nitrogens with zero attached hydrogens (tertiary/aromatic N) is 2. The van der Waals surface area contributed by atoms with Gasteiger partial charge in [0.25, 0.3) is 5.91 Å². The van der Waals surface area contributed by atoms with Gasteiger partial charge in [0.05, 0.1) is 16.8 Å². The molecule has 0 radical (unpaired) electrons. The Hall–Kier alpha value is -2.02. The molecule has 22 heavy (non-hydrogen) atoms. The summed E-state index contributed by atoms with van der Waals surface area (Å²) in [5, 5.41) is 0. The van der Waals surface area contributed by atoms with Crippen molar-refractivity contribution in [3.8, 4) is 0 Å². The van der Waals surface area contributed by atoms with E-state index in [1.807, 2.05) is 0 Å². The summed E-state index contributed by atoms with van der Waals surface area (Å²) in [5.74, 6) is -1.55. The monoisotopic (exact) mass is 324 g/mol. The fourth-order valence-electron chi connectivity index (χ4n) is 1.88. The van der Waals surface area contributed by atoms with Crippen molar-refractivity contribution in [1.82, 2.24) is 4.57 Å². The molecule has 2 rings (SSSR count). The second-order valence-electron chi connectivity index (χ2n) is 4.97. The molecule has 0 saturated heterocycles. The van der Waals surface area contributed by atoms with Crippen LogP contribution in [0.3, 0.4) is 0 Å². The van der Waals surface area contributed by atoms with Gasteiger partial charge in [-0.1, -0.05) is 31.3 Å². The molecule has 0 aliphatic heterocycles. The number of amides is 1. The molecule has 5 nitrogen and oxygen atoms in total. The average Bonchev–Trinajstić information content (AvgIpc) is 2.78. The van der Waals surface area contributed by atoms with Gasteiger partial charge in [-0.2, -0.15) is 4.99 Å². The van der Waals surface area contributed by atoms with E-state index in [0.717, 1.165) is 0 Å². The normalized spacial score (nSPS) is 12.1. The summed E-state index contributed by atoms with van der Waals surface area (Å²) in [5.41, 5.74) is 0.260. The van der Waals surface area contributed by atoms with Gasteiger partial charge >= 0.3 is 5.97 Å². The van der Waals surface area contributed by atoms with E-state index >= 15 is 0 Å². The van der Waals surface area contributed by atoms with Crippen molar-refractivity contribution in [1.29, 1.82) is 0 Å². The smallest absolute Gasteiger partial charge is 0.326 e. The van der Waals surface area contributed by atoms with Crippen LogP contribution in [0.1, 0.15) is 20.8 Å². The number of fused-ring (bicyclic) bond motifs is 1. The van der Waals surface area contributed by atoms with Crippen LogP contribution in [0.15, 0.2) is 23.2 Å². The van der Waals surface area contributed by atoms with Crippen LogP contribution in [0.2, 0.25) is 0 Å². The molecule has 0 aliphatic rings. The number of ether oxygens (including phenoxy) is 1. The minimum absolute atomic E-state index is 0.182. The van der Waals surface area contributed by atoms with Gasteiger partial charge < -0.3 is 9.30 Å². The Balaban J connectivity index is 2.62. The summed E-state index contributed by atoms with van der Waals surface area (Å²) in [6.07, 6.45) is 0. The maximum absolute atomic E-state index is 14.1. The molecular formula is C15H17FN2O3S. The van der Waals surface area contributed by atoms with Crippen molar-refractivity contribution in [3.05, 3.63) is 28.8 Å². The molecule has 0 aliphatic carbocycles. The average molecular weight is 324 g/mol. The molecule has 0 saturated carbocycles. The van der Waals surface area contributed by atoms with Crippen molar-refractivity contribution in [3.63, 3.8) is 0 Å². The van der Waals surface area contributed by atoms with E-state index in [1.165, 1.54) is 22.0 Å². The summed E-state index contributed by atoms with van der Waals surface area (Å²) in [6.45, 7) is 5.22. The molecule has 2 aromatic rings. The highest BCUT2D eigenvalue weighted by Gasteiger charge is 2.15. The molecule has 0 spiro atoms. The second kappa shape index (κ2) is 6.83. The number of thiazole rings is 1. The van der Waals surface area contributed by atoms with Crippen LogP contribution in [0.4, 0.5) is 4.39 Å². The topological polar surface area (TPSA) is 60.7 Å².